The number of aromatic nitrogens is 2. The minimum atomic E-state index is -1.23. The van der Waals surface area contributed by atoms with Crippen molar-refractivity contribution in [3.05, 3.63) is 118 Å². The van der Waals surface area contributed by atoms with Gasteiger partial charge in [0.15, 0.2) is 11.5 Å². The number of aromatic carboxylic acids is 2. The van der Waals surface area contributed by atoms with Crippen LogP contribution in [0.2, 0.25) is 0 Å². The van der Waals surface area contributed by atoms with E-state index in [1.165, 1.54) is 50.6 Å². The molecule has 20 heteroatoms. The van der Waals surface area contributed by atoms with E-state index in [-0.39, 0.29) is 60.1 Å². The van der Waals surface area contributed by atoms with Gasteiger partial charge in [-0.25, -0.2) is 9.59 Å². The van der Waals surface area contributed by atoms with E-state index in [2.05, 4.69) is 0 Å². The molecular formula is C50H58N4O16. The van der Waals surface area contributed by atoms with Crippen LogP contribution in [-0.4, -0.2) is 149 Å². The van der Waals surface area contributed by atoms with E-state index < -0.39 is 23.5 Å². The van der Waals surface area contributed by atoms with Crippen LogP contribution in [0, 0.1) is 13.8 Å². The highest BCUT2D eigenvalue weighted by atomic mass is 16.6. The van der Waals surface area contributed by atoms with Gasteiger partial charge in [0.05, 0.1) is 105 Å². The SMILES string of the molecule is COc1c(C)c(C(=O)c2ccc(N)c(C(=O)O)c2)n2cccc(OCCOCCOCCOCCOCCOCCOCCOc3cccn4c(C(=O)c5ccc(N)c(C(=O)O)c5)c(C)c(OC)c34)c12. The molecule has 6 rings (SSSR count). The van der Waals surface area contributed by atoms with Crippen LogP contribution in [0.15, 0.2) is 73.1 Å². The number of carboxylic acid groups (broad SMARTS) is 2. The molecule has 0 aliphatic rings. The fourth-order valence-electron chi connectivity index (χ4n) is 7.68. The van der Waals surface area contributed by atoms with Crippen molar-refractivity contribution in [2.24, 2.45) is 0 Å². The number of nitrogen functional groups attached to an aromatic ring is 2. The maximum Gasteiger partial charge on any atom is 0.337 e. The fraction of sp³-hybridized carbons (Fsp3) is 0.360. The Kier molecular flexibility index (Phi) is 18.9. The minimum absolute atomic E-state index is 0.0632. The Bertz CT molecular complexity index is 2600. The van der Waals surface area contributed by atoms with Gasteiger partial charge in [-0.05, 0) is 74.5 Å². The lowest BCUT2D eigenvalue weighted by atomic mass is 10.0. The second kappa shape index (κ2) is 25.4. The van der Waals surface area contributed by atoms with Crippen molar-refractivity contribution >= 4 is 45.9 Å². The van der Waals surface area contributed by atoms with Gasteiger partial charge in [0.1, 0.15) is 47.1 Å². The monoisotopic (exact) mass is 970 g/mol. The summed E-state index contributed by atoms with van der Waals surface area (Å²) in [6, 6.07) is 15.3. The lowest BCUT2D eigenvalue weighted by molar-refractivity contribution is -0.0187. The summed E-state index contributed by atoms with van der Waals surface area (Å²) < 4.78 is 60.4. The van der Waals surface area contributed by atoms with Crippen molar-refractivity contribution in [1.29, 1.82) is 0 Å². The molecule has 0 aliphatic carbocycles. The average Bonchev–Trinajstić information content (AvgIpc) is 3.81. The molecule has 70 heavy (non-hydrogen) atoms. The van der Waals surface area contributed by atoms with E-state index in [0.29, 0.717) is 123 Å². The predicted molar refractivity (Wildman–Crippen MR) is 256 cm³/mol. The average molecular weight is 971 g/mol. The number of fused-ring (bicyclic) bond motifs is 2. The van der Waals surface area contributed by atoms with Gasteiger partial charge in [0, 0.05) is 46.0 Å². The molecule has 0 aliphatic heterocycles. The normalized spacial score (nSPS) is 11.3. The van der Waals surface area contributed by atoms with Crippen LogP contribution in [0.25, 0.3) is 11.0 Å². The number of hydrogen-bond donors (Lipinski definition) is 4. The highest BCUT2D eigenvalue weighted by Gasteiger charge is 2.27. The third-order valence-electron chi connectivity index (χ3n) is 11.0. The largest absolute Gasteiger partial charge is 0.494 e. The summed E-state index contributed by atoms with van der Waals surface area (Å²) in [6.45, 7) is 8.33. The van der Waals surface area contributed by atoms with E-state index in [1.54, 1.807) is 59.3 Å². The second-order valence-corrected chi connectivity index (χ2v) is 15.4. The van der Waals surface area contributed by atoms with E-state index in [1.807, 2.05) is 0 Å². The summed E-state index contributed by atoms with van der Waals surface area (Å²) in [4.78, 5) is 50.6. The van der Waals surface area contributed by atoms with E-state index >= 15 is 0 Å². The van der Waals surface area contributed by atoms with Crippen molar-refractivity contribution in [2.75, 3.05) is 118 Å². The molecule has 0 atom stereocenters. The molecule has 6 aromatic rings. The predicted octanol–water partition coefficient (Wildman–Crippen LogP) is 5.41. The molecular weight excluding hydrogens is 913 g/mol. The van der Waals surface area contributed by atoms with E-state index in [0.717, 1.165) is 0 Å². The highest BCUT2D eigenvalue weighted by molar-refractivity contribution is 6.13. The summed E-state index contributed by atoms with van der Waals surface area (Å²) in [7, 11) is 3.01. The third-order valence-corrected chi connectivity index (χ3v) is 11.0. The van der Waals surface area contributed by atoms with Crippen LogP contribution < -0.4 is 30.4 Å². The maximum atomic E-state index is 13.6. The molecule has 20 nitrogen and oxygen atoms in total. The number of hydrogen-bond acceptors (Lipinski definition) is 16. The summed E-state index contributed by atoms with van der Waals surface area (Å²) in [6.07, 6.45) is 3.43. The Morgan fingerprint density at radius 2 is 0.800 bits per heavy atom. The second-order valence-electron chi connectivity index (χ2n) is 15.4. The smallest absolute Gasteiger partial charge is 0.337 e. The van der Waals surface area contributed by atoms with Crippen molar-refractivity contribution in [2.45, 2.75) is 13.8 Å². The first kappa shape index (κ1) is 52.2. The van der Waals surface area contributed by atoms with Gasteiger partial charge in [-0.15, -0.1) is 0 Å². The number of carboxylic acids is 2. The van der Waals surface area contributed by atoms with E-state index in [9.17, 15) is 29.4 Å². The Hall–Kier alpha value is -7.20. The number of ether oxygens (including phenoxy) is 10. The van der Waals surface area contributed by atoms with Crippen LogP contribution >= 0.6 is 0 Å². The number of pyridine rings is 2. The fourth-order valence-corrected chi connectivity index (χ4v) is 7.68. The first-order valence-electron chi connectivity index (χ1n) is 22.3. The zero-order valence-corrected chi connectivity index (χ0v) is 39.5. The molecule has 0 saturated heterocycles. The molecule has 6 N–H and O–H groups in total. The molecule has 0 spiro atoms. The number of ketones is 2. The highest BCUT2D eigenvalue weighted by Crippen LogP contribution is 2.39. The number of benzene rings is 2. The van der Waals surface area contributed by atoms with Crippen molar-refractivity contribution < 1.29 is 76.8 Å². The summed E-state index contributed by atoms with van der Waals surface area (Å²) in [5.74, 6) is -1.36. The van der Waals surface area contributed by atoms with Gasteiger partial charge in [-0.2, -0.15) is 0 Å². The molecule has 0 bridgehead atoms. The van der Waals surface area contributed by atoms with Gasteiger partial charge < -0.3 is 77.9 Å². The van der Waals surface area contributed by atoms with Crippen LogP contribution in [0.5, 0.6) is 23.0 Å². The van der Waals surface area contributed by atoms with Gasteiger partial charge in [0.25, 0.3) is 0 Å². The third kappa shape index (κ3) is 12.5. The lowest BCUT2D eigenvalue weighted by Crippen LogP contribution is -2.15. The number of anilines is 2. The molecule has 0 radical (unpaired) electrons. The number of carbonyl (C=O) groups excluding carboxylic acids is 2. The van der Waals surface area contributed by atoms with Crippen LogP contribution in [0.1, 0.15) is 63.9 Å². The Balaban J connectivity index is 0.782. The molecule has 0 amide bonds. The van der Waals surface area contributed by atoms with Crippen molar-refractivity contribution in [3.8, 4) is 23.0 Å². The van der Waals surface area contributed by atoms with Crippen molar-refractivity contribution in [1.82, 2.24) is 8.80 Å². The first-order valence-corrected chi connectivity index (χ1v) is 22.3. The van der Waals surface area contributed by atoms with Crippen LogP contribution in [-0.2, 0) is 28.4 Å². The standard InChI is InChI=1S/C50H58N4O16/c1-31-41(45(55)33-9-11-37(51)35(29-33)49(57)58)53-13-5-7-39(43(53)47(31)61-3)69-27-25-67-23-21-65-19-17-63-15-16-64-18-20-66-22-24-68-26-28-70-40-8-6-14-54-42(32(2)48(62-4)44(40)54)46(56)34-10-12-38(52)36(30-34)50(59)60/h5-14,29-30H,15-28,51-52H2,1-4H3,(H,57,58)(H,59,60). The number of nitrogens with two attached hydrogens (primary N) is 2. The van der Waals surface area contributed by atoms with Gasteiger partial charge in [-0.3, -0.25) is 9.59 Å². The van der Waals surface area contributed by atoms with Crippen LogP contribution in [0.3, 0.4) is 0 Å². The number of nitrogens with zero attached hydrogens (tertiary/aromatic N) is 2. The zero-order valence-electron chi connectivity index (χ0n) is 39.5. The molecule has 0 unspecified atom stereocenters. The molecule has 2 aromatic carbocycles. The molecule has 0 fully saturated rings. The van der Waals surface area contributed by atoms with Gasteiger partial charge in [-0.1, -0.05) is 0 Å². The number of methoxy groups -OCH3 is 2. The Labute approximate surface area is 403 Å². The summed E-state index contributed by atoms with van der Waals surface area (Å²) >= 11 is 0. The Morgan fingerprint density at radius 3 is 1.10 bits per heavy atom. The molecule has 4 aromatic heterocycles. The first-order chi connectivity index (χ1) is 33.9. The van der Waals surface area contributed by atoms with Gasteiger partial charge in [0.2, 0.25) is 11.6 Å². The van der Waals surface area contributed by atoms with E-state index in [4.69, 9.17) is 58.8 Å². The zero-order chi connectivity index (χ0) is 50.2. The molecule has 0 saturated carbocycles. The topological polar surface area (TPSA) is 262 Å². The van der Waals surface area contributed by atoms with Crippen molar-refractivity contribution in [3.63, 3.8) is 0 Å². The lowest BCUT2D eigenvalue weighted by Gasteiger charge is -2.11. The molecule has 374 valence electrons. The van der Waals surface area contributed by atoms with Gasteiger partial charge >= 0.3 is 11.9 Å². The quantitative estimate of drug-likeness (QED) is 0.0241. The molecule has 4 heterocycles. The van der Waals surface area contributed by atoms with Crippen LogP contribution in [0.4, 0.5) is 11.4 Å². The maximum absolute atomic E-state index is 13.6. The number of carbonyl (C=O) groups is 4. The Morgan fingerprint density at radius 1 is 0.486 bits per heavy atom. The summed E-state index contributed by atoms with van der Waals surface area (Å²) in [5, 5.41) is 19.0. The number of rotatable bonds is 31. The summed E-state index contributed by atoms with van der Waals surface area (Å²) in [5.41, 5.74) is 14.6. The minimum Gasteiger partial charge on any atom is -0.494 e.